The Bertz CT molecular complexity index is 1710. The Labute approximate surface area is 241 Å². The Kier molecular flexibility index (Phi) is 9.15. The lowest BCUT2D eigenvalue weighted by Crippen LogP contribution is -2.49. The second-order valence-corrected chi connectivity index (χ2v) is 10.1. The minimum absolute atomic E-state index is 0.144. The number of nitrogens with zero attached hydrogens (tertiary/aromatic N) is 1. The molecule has 3 N–H and O–H groups in total. The van der Waals surface area contributed by atoms with Crippen molar-refractivity contribution in [3.8, 4) is 11.1 Å². The van der Waals surface area contributed by atoms with Crippen LogP contribution >= 0.6 is 0 Å². The maximum atomic E-state index is 15.2. The topological polar surface area (TPSA) is 117 Å². The summed E-state index contributed by atoms with van der Waals surface area (Å²) >= 11 is 0. The molecule has 2 heterocycles. The van der Waals surface area contributed by atoms with E-state index in [0.29, 0.717) is 23.1 Å². The molecule has 0 bridgehead atoms. The minimum Gasteiger partial charge on any atom is -0.481 e. The zero-order valence-corrected chi connectivity index (χ0v) is 23.4. The van der Waals surface area contributed by atoms with E-state index in [0.717, 1.165) is 17.2 Å². The standard InChI is InChI=1S/C32H31F2N3O5/c1-4-8-25(35-30(40)22-13-12-21-11-5-6-14-37(21)32(22)42)31(41)36-26(17-27(38)39)23-15-20(16-24(33)29(23)34)28-18(2)9-7-10-19(28)3/h5-7,9-16,25-26H,4,8,17H2,1-3H3,(H,35,40)(H,36,41)(H,38,39)/t25-,26-/m0/s1. The summed E-state index contributed by atoms with van der Waals surface area (Å²) in [6.45, 7) is 5.41. The second-order valence-electron chi connectivity index (χ2n) is 10.1. The molecule has 218 valence electrons. The number of carboxylic acids is 1. The van der Waals surface area contributed by atoms with E-state index in [2.05, 4.69) is 10.6 Å². The van der Waals surface area contributed by atoms with Gasteiger partial charge in [-0.3, -0.25) is 23.6 Å². The van der Waals surface area contributed by atoms with E-state index >= 15 is 4.39 Å². The lowest BCUT2D eigenvalue weighted by Gasteiger charge is -2.24. The number of carboxylic acid groups (broad SMARTS) is 1. The van der Waals surface area contributed by atoms with Crippen LogP contribution in [0.25, 0.3) is 16.6 Å². The summed E-state index contributed by atoms with van der Waals surface area (Å²) in [5, 5.41) is 14.6. The largest absolute Gasteiger partial charge is 0.481 e. The van der Waals surface area contributed by atoms with Gasteiger partial charge in [0, 0.05) is 17.3 Å². The Hall–Kier alpha value is -4.86. The maximum absolute atomic E-state index is 15.2. The number of hydrogen-bond donors (Lipinski definition) is 3. The lowest BCUT2D eigenvalue weighted by atomic mass is 9.92. The molecule has 8 nitrogen and oxygen atoms in total. The highest BCUT2D eigenvalue weighted by molar-refractivity contribution is 5.97. The van der Waals surface area contributed by atoms with Crippen LogP contribution in [0.3, 0.4) is 0 Å². The Balaban J connectivity index is 1.66. The number of rotatable bonds is 10. The van der Waals surface area contributed by atoms with Crippen molar-refractivity contribution in [1.82, 2.24) is 15.0 Å². The quantitative estimate of drug-likeness (QED) is 0.244. The Morgan fingerprint density at radius 1 is 0.952 bits per heavy atom. The molecule has 0 saturated heterocycles. The first-order chi connectivity index (χ1) is 20.0. The SMILES string of the molecule is CCC[C@H](NC(=O)c1ccc2ccccn2c1=O)C(=O)N[C@@H](CC(=O)O)c1cc(-c2c(C)cccc2C)cc(F)c1F. The van der Waals surface area contributed by atoms with Gasteiger partial charge in [-0.25, -0.2) is 8.78 Å². The molecule has 42 heavy (non-hydrogen) atoms. The van der Waals surface area contributed by atoms with Crippen molar-refractivity contribution in [3.05, 3.63) is 111 Å². The van der Waals surface area contributed by atoms with Gasteiger partial charge >= 0.3 is 5.97 Å². The first kappa shape index (κ1) is 30.1. The molecule has 0 spiro atoms. The number of carbonyl (C=O) groups excluding carboxylic acids is 2. The van der Waals surface area contributed by atoms with Crippen molar-refractivity contribution >= 4 is 23.3 Å². The molecular weight excluding hydrogens is 544 g/mol. The van der Waals surface area contributed by atoms with E-state index in [4.69, 9.17) is 0 Å². The summed E-state index contributed by atoms with van der Waals surface area (Å²) in [6, 6.07) is 13.3. The molecule has 2 amide bonds. The molecule has 4 rings (SSSR count). The number of halogens is 2. The molecule has 4 aromatic rings. The number of hydrogen-bond acceptors (Lipinski definition) is 4. The van der Waals surface area contributed by atoms with Gasteiger partial charge in [0.25, 0.3) is 11.5 Å². The van der Waals surface area contributed by atoms with Crippen LogP contribution in [0.4, 0.5) is 8.78 Å². The van der Waals surface area contributed by atoms with E-state index in [1.807, 2.05) is 32.0 Å². The van der Waals surface area contributed by atoms with Crippen LogP contribution in [0.15, 0.2) is 71.7 Å². The summed E-state index contributed by atoms with van der Waals surface area (Å²) in [6.07, 6.45) is 1.37. The number of benzene rings is 2. The average Bonchev–Trinajstić information content (AvgIpc) is 2.94. The van der Waals surface area contributed by atoms with Gasteiger partial charge in [0.1, 0.15) is 11.6 Å². The molecule has 10 heteroatoms. The average molecular weight is 576 g/mol. The fourth-order valence-electron chi connectivity index (χ4n) is 5.08. The number of amides is 2. The predicted octanol–water partition coefficient (Wildman–Crippen LogP) is 5.09. The van der Waals surface area contributed by atoms with Crippen LogP contribution in [-0.4, -0.2) is 33.3 Å². The monoisotopic (exact) mass is 575 g/mol. The molecule has 0 radical (unpaired) electrons. The summed E-state index contributed by atoms with van der Waals surface area (Å²) < 4.78 is 31.4. The van der Waals surface area contributed by atoms with Gasteiger partial charge in [-0.05, 0) is 78.9 Å². The van der Waals surface area contributed by atoms with Gasteiger partial charge in [0.05, 0.1) is 12.5 Å². The van der Waals surface area contributed by atoms with Crippen molar-refractivity contribution < 1.29 is 28.3 Å². The third kappa shape index (κ3) is 6.38. The zero-order valence-electron chi connectivity index (χ0n) is 23.4. The molecule has 0 aliphatic heterocycles. The lowest BCUT2D eigenvalue weighted by molar-refractivity contribution is -0.137. The third-order valence-corrected chi connectivity index (χ3v) is 7.10. The van der Waals surface area contributed by atoms with Crippen LogP contribution in [0.5, 0.6) is 0 Å². The number of carbonyl (C=O) groups is 3. The second kappa shape index (κ2) is 12.8. The van der Waals surface area contributed by atoms with Gasteiger partial charge in [-0.1, -0.05) is 37.6 Å². The number of pyridine rings is 2. The number of nitrogens with one attached hydrogen (secondary N) is 2. The zero-order chi connectivity index (χ0) is 30.6. The predicted molar refractivity (Wildman–Crippen MR) is 154 cm³/mol. The van der Waals surface area contributed by atoms with E-state index in [-0.39, 0.29) is 17.5 Å². The van der Waals surface area contributed by atoms with Crippen molar-refractivity contribution in [3.63, 3.8) is 0 Å². The molecule has 0 unspecified atom stereocenters. The highest BCUT2D eigenvalue weighted by Gasteiger charge is 2.29. The summed E-state index contributed by atoms with van der Waals surface area (Å²) in [4.78, 5) is 51.1. The smallest absolute Gasteiger partial charge is 0.305 e. The van der Waals surface area contributed by atoms with Crippen molar-refractivity contribution in [2.24, 2.45) is 0 Å². The molecule has 2 aromatic carbocycles. The Morgan fingerprint density at radius 3 is 2.33 bits per heavy atom. The van der Waals surface area contributed by atoms with E-state index in [1.165, 1.54) is 22.7 Å². The van der Waals surface area contributed by atoms with Crippen LogP contribution < -0.4 is 16.2 Å². The minimum atomic E-state index is -1.45. The molecule has 0 aliphatic carbocycles. The van der Waals surface area contributed by atoms with Crippen LogP contribution in [-0.2, 0) is 9.59 Å². The number of aliphatic carboxylic acids is 1. The number of aromatic nitrogens is 1. The van der Waals surface area contributed by atoms with Crippen LogP contribution in [0.2, 0.25) is 0 Å². The van der Waals surface area contributed by atoms with Crippen LogP contribution in [0, 0.1) is 25.5 Å². The highest BCUT2D eigenvalue weighted by Crippen LogP contribution is 2.33. The van der Waals surface area contributed by atoms with Crippen LogP contribution in [0.1, 0.15) is 59.3 Å². The van der Waals surface area contributed by atoms with E-state index < -0.39 is 53.5 Å². The fourth-order valence-corrected chi connectivity index (χ4v) is 5.08. The van der Waals surface area contributed by atoms with Gasteiger partial charge in [0.2, 0.25) is 5.91 Å². The third-order valence-electron chi connectivity index (χ3n) is 7.10. The molecular formula is C32H31F2N3O5. The maximum Gasteiger partial charge on any atom is 0.305 e. The highest BCUT2D eigenvalue weighted by atomic mass is 19.2. The van der Waals surface area contributed by atoms with Crippen molar-refractivity contribution in [1.29, 1.82) is 0 Å². The fraction of sp³-hybridized carbons (Fsp3) is 0.250. The summed E-state index contributed by atoms with van der Waals surface area (Å²) in [5.74, 6) is -5.41. The van der Waals surface area contributed by atoms with Gasteiger partial charge < -0.3 is 15.7 Å². The molecule has 2 aromatic heterocycles. The van der Waals surface area contributed by atoms with Crippen molar-refractivity contribution in [2.45, 2.75) is 52.1 Å². The normalized spacial score (nSPS) is 12.5. The summed E-state index contributed by atoms with van der Waals surface area (Å²) in [5.41, 5.74) is 2.08. The number of fused-ring (bicyclic) bond motifs is 1. The van der Waals surface area contributed by atoms with Gasteiger partial charge in [0.15, 0.2) is 11.6 Å². The first-order valence-corrected chi connectivity index (χ1v) is 13.5. The number of aryl methyl sites for hydroxylation is 2. The van der Waals surface area contributed by atoms with Crippen molar-refractivity contribution in [2.75, 3.05) is 0 Å². The van der Waals surface area contributed by atoms with E-state index in [9.17, 15) is 28.7 Å². The molecule has 0 fully saturated rings. The summed E-state index contributed by atoms with van der Waals surface area (Å²) in [7, 11) is 0. The van der Waals surface area contributed by atoms with Gasteiger partial charge in [-0.2, -0.15) is 0 Å². The molecule has 0 saturated carbocycles. The van der Waals surface area contributed by atoms with E-state index in [1.54, 1.807) is 31.2 Å². The Morgan fingerprint density at radius 2 is 1.67 bits per heavy atom. The van der Waals surface area contributed by atoms with Gasteiger partial charge in [-0.15, -0.1) is 0 Å². The molecule has 2 atom stereocenters. The molecule has 0 aliphatic rings. The first-order valence-electron chi connectivity index (χ1n) is 13.5.